The molecule has 1 saturated heterocycles. The number of ether oxygens (including phenoxy) is 1. The van der Waals surface area contributed by atoms with Crippen LogP contribution >= 0.6 is 0 Å². The average molecular weight is 197 g/mol. The van der Waals surface area contributed by atoms with Crippen molar-refractivity contribution in [2.24, 2.45) is 5.92 Å². The molecule has 0 aromatic heterocycles. The number of rotatable bonds is 3. The van der Waals surface area contributed by atoms with Crippen LogP contribution in [-0.2, 0) is 4.74 Å². The third kappa shape index (κ3) is 2.29. The van der Waals surface area contributed by atoms with E-state index in [0.717, 1.165) is 18.6 Å². The first-order valence-corrected chi connectivity index (χ1v) is 6.17. The van der Waals surface area contributed by atoms with Crippen molar-refractivity contribution in [2.45, 2.75) is 64.1 Å². The third-order valence-corrected chi connectivity index (χ3v) is 3.94. The molecular formula is C12H23NO. The maximum Gasteiger partial charge on any atom is 0.0700 e. The summed E-state index contributed by atoms with van der Waals surface area (Å²) in [7, 11) is 0. The normalized spacial score (nSPS) is 43.3. The second-order valence-electron chi connectivity index (χ2n) is 4.92. The first-order chi connectivity index (χ1) is 6.79. The molecule has 82 valence electrons. The Hall–Kier alpha value is -0.0800. The topological polar surface area (TPSA) is 21.3 Å². The molecule has 1 saturated carbocycles. The zero-order valence-corrected chi connectivity index (χ0v) is 9.46. The van der Waals surface area contributed by atoms with Gasteiger partial charge in [-0.2, -0.15) is 0 Å². The van der Waals surface area contributed by atoms with Crippen LogP contribution in [0.25, 0.3) is 0 Å². The summed E-state index contributed by atoms with van der Waals surface area (Å²) in [6, 6.07) is 1.39. The smallest absolute Gasteiger partial charge is 0.0700 e. The van der Waals surface area contributed by atoms with Crippen molar-refractivity contribution in [3.05, 3.63) is 0 Å². The van der Waals surface area contributed by atoms with Gasteiger partial charge in [-0.05, 0) is 38.5 Å². The fourth-order valence-corrected chi connectivity index (χ4v) is 2.85. The summed E-state index contributed by atoms with van der Waals surface area (Å²) in [5.41, 5.74) is 0. The SMILES string of the molecule is CCC1CCC(N[C@@H]2CCO[C@@H]2C)C1. The van der Waals surface area contributed by atoms with E-state index in [1.54, 1.807) is 0 Å². The van der Waals surface area contributed by atoms with Gasteiger partial charge < -0.3 is 10.1 Å². The van der Waals surface area contributed by atoms with E-state index in [-0.39, 0.29) is 0 Å². The molecule has 4 atom stereocenters. The minimum atomic E-state index is 0.427. The molecule has 1 aliphatic carbocycles. The third-order valence-electron chi connectivity index (χ3n) is 3.94. The van der Waals surface area contributed by atoms with Crippen molar-refractivity contribution in [1.29, 1.82) is 0 Å². The summed E-state index contributed by atoms with van der Waals surface area (Å²) in [4.78, 5) is 0. The van der Waals surface area contributed by atoms with E-state index in [9.17, 15) is 0 Å². The number of hydrogen-bond acceptors (Lipinski definition) is 2. The zero-order valence-electron chi connectivity index (χ0n) is 9.46. The van der Waals surface area contributed by atoms with Crippen molar-refractivity contribution in [3.63, 3.8) is 0 Å². The molecule has 0 amide bonds. The molecule has 0 aromatic rings. The van der Waals surface area contributed by atoms with Gasteiger partial charge in [0.25, 0.3) is 0 Å². The Kier molecular flexibility index (Phi) is 3.45. The van der Waals surface area contributed by atoms with E-state index in [2.05, 4.69) is 19.2 Å². The van der Waals surface area contributed by atoms with Crippen LogP contribution in [0.5, 0.6) is 0 Å². The van der Waals surface area contributed by atoms with Crippen molar-refractivity contribution >= 4 is 0 Å². The van der Waals surface area contributed by atoms with Crippen molar-refractivity contribution in [2.75, 3.05) is 6.61 Å². The second kappa shape index (κ2) is 4.63. The molecule has 2 nitrogen and oxygen atoms in total. The molecule has 0 aromatic carbocycles. The zero-order chi connectivity index (χ0) is 9.97. The minimum absolute atomic E-state index is 0.427. The fourth-order valence-electron chi connectivity index (χ4n) is 2.85. The molecule has 2 fully saturated rings. The van der Waals surface area contributed by atoms with E-state index in [4.69, 9.17) is 4.74 Å². The lowest BCUT2D eigenvalue weighted by Crippen LogP contribution is -2.40. The first-order valence-electron chi connectivity index (χ1n) is 6.17. The Morgan fingerprint density at radius 2 is 2.14 bits per heavy atom. The summed E-state index contributed by atoms with van der Waals surface area (Å²) >= 11 is 0. The molecule has 1 N–H and O–H groups in total. The van der Waals surface area contributed by atoms with Crippen molar-refractivity contribution in [1.82, 2.24) is 5.32 Å². The van der Waals surface area contributed by atoms with E-state index in [0.29, 0.717) is 12.1 Å². The van der Waals surface area contributed by atoms with Crippen LogP contribution in [0.1, 0.15) is 46.0 Å². The standard InChI is InChI=1S/C12H23NO/c1-3-10-4-5-11(8-10)13-12-6-7-14-9(12)2/h9-13H,3-8H2,1-2H3/t9-,10?,11?,12-/m1/s1. The fraction of sp³-hybridized carbons (Fsp3) is 1.00. The highest BCUT2D eigenvalue weighted by atomic mass is 16.5. The Labute approximate surface area is 87.4 Å². The van der Waals surface area contributed by atoms with Gasteiger partial charge in [-0.25, -0.2) is 0 Å². The van der Waals surface area contributed by atoms with Gasteiger partial charge in [-0.3, -0.25) is 0 Å². The van der Waals surface area contributed by atoms with Crippen LogP contribution < -0.4 is 5.32 Å². The molecule has 1 aliphatic heterocycles. The molecule has 2 aliphatic rings. The predicted octanol–water partition coefficient (Wildman–Crippen LogP) is 2.33. The molecule has 2 unspecified atom stereocenters. The van der Waals surface area contributed by atoms with Gasteiger partial charge in [0, 0.05) is 18.7 Å². The largest absolute Gasteiger partial charge is 0.377 e. The van der Waals surface area contributed by atoms with Crippen LogP contribution in [0.4, 0.5) is 0 Å². The lowest BCUT2D eigenvalue weighted by molar-refractivity contribution is 0.111. The van der Waals surface area contributed by atoms with Crippen LogP contribution in [-0.4, -0.2) is 24.8 Å². The van der Waals surface area contributed by atoms with Gasteiger partial charge >= 0.3 is 0 Å². The van der Waals surface area contributed by atoms with Crippen LogP contribution in [0.3, 0.4) is 0 Å². The first kappa shape index (κ1) is 10.4. The van der Waals surface area contributed by atoms with Crippen LogP contribution in [0, 0.1) is 5.92 Å². The lowest BCUT2D eigenvalue weighted by Gasteiger charge is -2.21. The predicted molar refractivity (Wildman–Crippen MR) is 58.4 cm³/mol. The second-order valence-corrected chi connectivity index (χ2v) is 4.92. The van der Waals surface area contributed by atoms with Gasteiger partial charge in [0.05, 0.1) is 6.10 Å². The molecular weight excluding hydrogens is 174 g/mol. The maximum absolute atomic E-state index is 5.57. The van der Waals surface area contributed by atoms with Crippen molar-refractivity contribution in [3.8, 4) is 0 Å². The molecule has 2 rings (SSSR count). The van der Waals surface area contributed by atoms with Crippen LogP contribution in [0.15, 0.2) is 0 Å². The molecule has 2 heteroatoms. The highest BCUT2D eigenvalue weighted by Gasteiger charge is 2.29. The quantitative estimate of drug-likeness (QED) is 0.750. The summed E-state index contributed by atoms with van der Waals surface area (Å²) in [5.74, 6) is 0.977. The average Bonchev–Trinajstić information content (AvgIpc) is 2.77. The summed E-state index contributed by atoms with van der Waals surface area (Å²) < 4.78 is 5.57. The Bertz CT molecular complexity index is 183. The lowest BCUT2D eigenvalue weighted by atomic mass is 10.0. The van der Waals surface area contributed by atoms with E-state index in [1.807, 2.05) is 0 Å². The highest BCUT2D eigenvalue weighted by molar-refractivity contribution is 4.87. The van der Waals surface area contributed by atoms with Gasteiger partial charge in [0.15, 0.2) is 0 Å². The monoisotopic (exact) mass is 197 g/mol. The van der Waals surface area contributed by atoms with Gasteiger partial charge in [0.2, 0.25) is 0 Å². The molecule has 0 bridgehead atoms. The molecule has 14 heavy (non-hydrogen) atoms. The highest BCUT2D eigenvalue weighted by Crippen LogP contribution is 2.29. The van der Waals surface area contributed by atoms with Gasteiger partial charge in [-0.1, -0.05) is 13.3 Å². The molecule has 0 spiro atoms. The van der Waals surface area contributed by atoms with Crippen LogP contribution in [0.2, 0.25) is 0 Å². The molecule has 1 heterocycles. The van der Waals surface area contributed by atoms with Gasteiger partial charge in [0.1, 0.15) is 0 Å². The van der Waals surface area contributed by atoms with E-state index < -0.39 is 0 Å². The van der Waals surface area contributed by atoms with Gasteiger partial charge in [-0.15, -0.1) is 0 Å². The summed E-state index contributed by atoms with van der Waals surface area (Å²) in [6.07, 6.45) is 7.18. The Balaban J connectivity index is 1.75. The number of nitrogens with one attached hydrogen (secondary N) is 1. The Morgan fingerprint density at radius 1 is 1.29 bits per heavy atom. The maximum atomic E-state index is 5.57. The summed E-state index contributed by atoms with van der Waals surface area (Å²) in [6.45, 7) is 5.45. The van der Waals surface area contributed by atoms with E-state index in [1.165, 1.54) is 32.1 Å². The summed E-state index contributed by atoms with van der Waals surface area (Å²) in [5, 5.41) is 3.77. The molecule has 0 radical (unpaired) electrons. The van der Waals surface area contributed by atoms with Crippen molar-refractivity contribution < 1.29 is 4.74 Å². The minimum Gasteiger partial charge on any atom is -0.377 e. The Morgan fingerprint density at radius 3 is 2.71 bits per heavy atom. The number of hydrogen-bond donors (Lipinski definition) is 1. The van der Waals surface area contributed by atoms with E-state index >= 15 is 0 Å².